The Labute approximate surface area is 174 Å². The number of fused-ring (bicyclic) bond motifs is 1. The Hall–Kier alpha value is -3.06. The molecule has 1 aliphatic heterocycles. The zero-order valence-electron chi connectivity index (χ0n) is 17.6. The van der Waals surface area contributed by atoms with Gasteiger partial charge in [0.2, 0.25) is 0 Å². The third-order valence-electron chi connectivity index (χ3n) is 6.05. The van der Waals surface area contributed by atoms with Gasteiger partial charge in [0.1, 0.15) is 11.3 Å². The van der Waals surface area contributed by atoms with E-state index in [1.165, 1.54) is 24.6 Å². The van der Waals surface area contributed by atoms with E-state index in [2.05, 4.69) is 27.6 Å². The van der Waals surface area contributed by atoms with Gasteiger partial charge in [-0.1, -0.05) is 6.92 Å². The minimum Gasteiger partial charge on any atom is -0.496 e. The van der Waals surface area contributed by atoms with E-state index in [9.17, 15) is 14.7 Å². The van der Waals surface area contributed by atoms with Crippen LogP contribution in [0, 0.1) is 0 Å². The molecule has 0 radical (unpaired) electrons. The lowest BCUT2D eigenvalue weighted by Crippen LogP contribution is -2.19. The molecule has 30 heavy (non-hydrogen) atoms. The topological polar surface area (TPSA) is 87.6 Å². The summed E-state index contributed by atoms with van der Waals surface area (Å²) < 4.78 is 7.85. The number of methoxy groups -OCH3 is 1. The SMILES string of the molecule is CCc1cc(C(=O)O)c(=O)[nH]c1-c1cc2cc(CN3CCCC3)n(C)c2cc1OC. The Kier molecular flexibility index (Phi) is 5.39. The third-order valence-corrected chi connectivity index (χ3v) is 6.05. The molecule has 3 aromatic rings. The lowest BCUT2D eigenvalue weighted by atomic mass is 10.00. The highest BCUT2D eigenvalue weighted by Crippen LogP contribution is 2.36. The van der Waals surface area contributed by atoms with Gasteiger partial charge in [0, 0.05) is 36.3 Å². The number of likely N-dealkylation sites (tertiary alicyclic amines) is 1. The van der Waals surface area contributed by atoms with Crippen molar-refractivity contribution in [3.05, 3.63) is 51.4 Å². The van der Waals surface area contributed by atoms with Crippen LogP contribution in [0.15, 0.2) is 29.1 Å². The van der Waals surface area contributed by atoms with E-state index in [0.717, 1.165) is 41.7 Å². The van der Waals surface area contributed by atoms with Gasteiger partial charge < -0.3 is 19.4 Å². The molecule has 1 aliphatic rings. The van der Waals surface area contributed by atoms with Crippen LogP contribution in [0.2, 0.25) is 0 Å². The molecule has 0 amide bonds. The zero-order valence-corrected chi connectivity index (χ0v) is 17.6. The number of carbonyl (C=O) groups is 1. The molecule has 2 aromatic heterocycles. The second-order valence-electron chi connectivity index (χ2n) is 7.86. The average molecular weight is 409 g/mol. The first-order valence-corrected chi connectivity index (χ1v) is 10.3. The zero-order chi connectivity index (χ0) is 21.4. The van der Waals surface area contributed by atoms with E-state index in [4.69, 9.17) is 4.74 Å². The Morgan fingerprint density at radius 2 is 1.93 bits per heavy atom. The van der Waals surface area contributed by atoms with Crippen LogP contribution in [0.4, 0.5) is 0 Å². The highest BCUT2D eigenvalue weighted by molar-refractivity contribution is 5.91. The largest absolute Gasteiger partial charge is 0.496 e. The van der Waals surface area contributed by atoms with Gasteiger partial charge in [-0.25, -0.2) is 4.79 Å². The van der Waals surface area contributed by atoms with Crippen LogP contribution in [0.5, 0.6) is 5.75 Å². The predicted octanol–water partition coefficient (Wildman–Crippen LogP) is 3.40. The standard InChI is InChI=1S/C23H27N3O4/c1-4-14-10-18(23(28)29)22(27)24-21(14)17-11-15-9-16(13-26-7-5-6-8-26)25(2)19(15)12-20(17)30-3/h9-12H,4-8,13H2,1-3H3,(H,24,27)(H,28,29). The number of hydrogen-bond donors (Lipinski definition) is 2. The number of hydrogen-bond acceptors (Lipinski definition) is 4. The number of benzene rings is 1. The quantitative estimate of drug-likeness (QED) is 0.652. The van der Waals surface area contributed by atoms with Crippen molar-refractivity contribution < 1.29 is 14.6 Å². The van der Waals surface area contributed by atoms with Crippen LogP contribution in [0.25, 0.3) is 22.2 Å². The molecule has 0 saturated carbocycles. The fourth-order valence-corrected chi connectivity index (χ4v) is 4.36. The summed E-state index contributed by atoms with van der Waals surface area (Å²) in [7, 11) is 3.67. The molecule has 1 fully saturated rings. The molecule has 0 aliphatic carbocycles. The molecule has 2 N–H and O–H groups in total. The molecule has 1 saturated heterocycles. The monoisotopic (exact) mass is 409 g/mol. The van der Waals surface area contributed by atoms with Crippen molar-refractivity contribution >= 4 is 16.9 Å². The number of aromatic nitrogens is 2. The fourth-order valence-electron chi connectivity index (χ4n) is 4.36. The molecular formula is C23H27N3O4. The molecule has 158 valence electrons. The highest BCUT2D eigenvalue weighted by atomic mass is 16.5. The fraction of sp³-hybridized carbons (Fsp3) is 0.391. The van der Waals surface area contributed by atoms with Crippen LogP contribution in [-0.2, 0) is 20.0 Å². The van der Waals surface area contributed by atoms with Crippen LogP contribution in [0.3, 0.4) is 0 Å². The summed E-state index contributed by atoms with van der Waals surface area (Å²) in [4.78, 5) is 29.0. The minimum absolute atomic E-state index is 0.247. The third kappa shape index (κ3) is 3.50. The summed E-state index contributed by atoms with van der Waals surface area (Å²) >= 11 is 0. The van der Waals surface area contributed by atoms with Gasteiger partial charge in [-0.3, -0.25) is 9.69 Å². The van der Waals surface area contributed by atoms with Gasteiger partial charge in [0.05, 0.1) is 18.3 Å². The van der Waals surface area contributed by atoms with Crippen molar-refractivity contribution in [3.63, 3.8) is 0 Å². The molecule has 3 heterocycles. The Balaban J connectivity index is 1.86. The van der Waals surface area contributed by atoms with Gasteiger partial charge in [-0.2, -0.15) is 0 Å². The predicted molar refractivity (Wildman–Crippen MR) is 116 cm³/mol. The van der Waals surface area contributed by atoms with Crippen LogP contribution in [-0.4, -0.2) is 45.7 Å². The summed E-state index contributed by atoms with van der Waals surface area (Å²) in [6.07, 6.45) is 3.09. The van der Waals surface area contributed by atoms with E-state index >= 15 is 0 Å². The molecule has 7 nitrogen and oxygen atoms in total. The average Bonchev–Trinajstić information content (AvgIpc) is 3.35. The minimum atomic E-state index is -1.23. The van der Waals surface area contributed by atoms with Crippen molar-refractivity contribution in [2.45, 2.75) is 32.7 Å². The van der Waals surface area contributed by atoms with Crippen molar-refractivity contribution in [1.29, 1.82) is 0 Å². The molecule has 7 heteroatoms. The maximum Gasteiger partial charge on any atom is 0.341 e. The molecule has 0 bridgehead atoms. The molecule has 0 atom stereocenters. The molecule has 1 aromatic carbocycles. The first kappa shape index (κ1) is 20.2. The number of H-pyrrole nitrogens is 1. The molecular weight excluding hydrogens is 382 g/mol. The number of aromatic amines is 1. The van der Waals surface area contributed by atoms with Gasteiger partial charge >= 0.3 is 5.97 Å². The van der Waals surface area contributed by atoms with E-state index in [0.29, 0.717) is 17.9 Å². The van der Waals surface area contributed by atoms with Crippen LogP contribution < -0.4 is 10.3 Å². The van der Waals surface area contributed by atoms with E-state index in [1.807, 2.05) is 19.1 Å². The lowest BCUT2D eigenvalue weighted by Gasteiger charge is -2.15. The maximum absolute atomic E-state index is 12.4. The lowest BCUT2D eigenvalue weighted by molar-refractivity contribution is 0.0695. The first-order chi connectivity index (χ1) is 14.4. The summed E-state index contributed by atoms with van der Waals surface area (Å²) in [6.45, 7) is 5.11. The number of nitrogens with zero attached hydrogens (tertiary/aromatic N) is 2. The van der Waals surface area contributed by atoms with E-state index in [-0.39, 0.29) is 5.56 Å². The normalized spacial score (nSPS) is 14.5. The number of rotatable bonds is 6. The number of pyridine rings is 1. The summed E-state index contributed by atoms with van der Waals surface area (Å²) in [5, 5.41) is 10.4. The number of carboxylic acid groups (broad SMARTS) is 1. The van der Waals surface area contributed by atoms with Gasteiger partial charge in [-0.15, -0.1) is 0 Å². The second kappa shape index (κ2) is 7.99. The molecule has 0 spiro atoms. The van der Waals surface area contributed by atoms with Gasteiger partial charge in [0.15, 0.2) is 0 Å². The number of ether oxygens (including phenoxy) is 1. The molecule has 4 rings (SSSR count). The number of nitrogens with one attached hydrogen (secondary N) is 1. The summed E-state index contributed by atoms with van der Waals surface area (Å²) in [5.74, 6) is -0.584. The number of aromatic carboxylic acids is 1. The highest BCUT2D eigenvalue weighted by Gasteiger charge is 2.20. The Bertz CT molecular complexity index is 1170. The van der Waals surface area contributed by atoms with Gasteiger partial charge in [0.25, 0.3) is 5.56 Å². The van der Waals surface area contributed by atoms with E-state index in [1.54, 1.807) is 7.11 Å². The van der Waals surface area contributed by atoms with Crippen molar-refractivity contribution in [2.75, 3.05) is 20.2 Å². The van der Waals surface area contributed by atoms with Gasteiger partial charge in [-0.05, 0) is 56.1 Å². The Morgan fingerprint density at radius 1 is 1.20 bits per heavy atom. The van der Waals surface area contributed by atoms with E-state index < -0.39 is 11.5 Å². The van der Waals surface area contributed by atoms with Crippen molar-refractivity contribution in [3.8, 4) is 17.0 Å². The molecule has 0 unspecified atom stereocenters. The Morgan fingerprint density at radius 3 is 2.57 bits per heavy atom. The first-order valence-electron chi connectivity index (χ1n) is 10.3. The van der Waals surface area contributed by atoms with Crippen LogP contribution >= 0.6 is 0 Å². The number of aryl methyl sites for hydroxylation is 2. The van der Waals surface area contributed by atoms with Crippen molar-refractivity contribution in [1.82, 2.24) is 14.5 Å². The summed E-state index contributed by atoms with van der Waals surface area (Å²) in [5.41, 5.74) is 3.56. The number of carboxylic acids is 1. The maximum atomic E-state index is 12.4. The smallest absolute Gasteiger partial charge is 0.341 e. The second-order valence-corrected chi connectivity index (χ2v) is 7.86. The van der Waals surface area contributed by atoms with Crippen LogP contribution in [0.1, 0.15) is 41.4 Å². The summed E-state index contributed by atoms with van der Waals surface area (Å²) in [6, 6.07) is 7.66. The van der Waals surface area contributed by atoms with Crippen molar-refractivity contribution in [2.24, 2.45) is 7.05 Å².